The first-order chi connectivity index (χ1) is 7.04. The summed E-state index contributed by atoms with van der Waals surface area (Å²) in [5.41, 5.74) is 0. The van der Waals surface area contributed by atoms with Crippen LogP contribution >= 0.6 is 0 Å². The summed E-state index contributed by atoms with van der Waals surface area (Å²) in [4.78, 5) is 11.6. The van der Waals surface area contributed by atoms with Crippen molar-refractivity contribution in [1.29, 1.82) is 0 Å². The summed E-state index contributed by atoms with van der Waals surface area (Å²) in [6.45, 7) is 8.76. The van der Waals surface area contributed by atoms with E-state index in [2.05, 4.69) is 18.9 Å². The van der Waals surface area contributed by atoms with Gasteiger partial charge in [0.1, 0.15) is 0 Å². The maximum Gasteiger partial charge on any atom is 0.238 e. The van der Waals surface area contributed by atoms with Crippen LogP contribution in [0.5, 0.6) is 0 Å². The van der Waals surface area contributed by atoms with E-state index in [0.717, 1.165) is 19.6 Å². The minimum Gasteiger partial charge on any atom is -0.396 e. The average Bonchev–Trinajstić information content (AvgIpc) is 2.49. The number of hydrogen-bond donors (Lipinski definition) is 1. The number of rotatable bonds is 5. The normalized spacial score (nSPS) is 20.3. The van der Waals surface area contributed by atoms with Crippen LogP contribution in [0.25, 0.3) is 0 Å². The van der Waals surface area contributed by atoms with Gasteiger partial charge >= 0.3 is 0 Å². The van der Waals surface area contributed by atoms with E-state index in [1.165, 1.54) is 0 Å². The lowest BCUT2D eigenvalue weighted by Crippen LogP contribution is -2.43. The topological polar surface area (TPSA) is 43.8 Å². The first kappa shape index (κ1) is 12.5. The van der Waals surface area contributed by atoms with Crippen LogP contribution in [0.4, 0.5) is 0 Å². The van der Waals surface area contributed by atoms with Gasteiger partial charge in [0.15, 0.2) is 0 Å². The highest BCUT2D eigenvalue weighted by molar-refractivity contribution is 5.77. The van der Waals surface area contributed by atoms with Gasteiger partial charge in [-0.2, -0.15) is 0 Å². The summed E-state index contributed by atoms with van der Waals surface area (Å²) < 4.78 is 0. The van der Waals surface area contributed by atoms with Gasteiger partial charge in [-0.1, -0.05) is 20.8 Å². The van der Waals surface area contributed by atoms with Crippen molar-refractivity contribution in [2.75, 3.05) is 26.2 Å². The van der Waals surface area contributed by atoms with Gasteiger partial charge in [0.2, 0.25) is 5.91 Å². The lowest BCUT2D eigenvalue weighted by atomic mass is 10.2. The fourth-order valence-corrected chi connectivity index (χ4v) is 1.80. The molecule has 15 heavy (non-hydrogen) atoms. The number of amides is 1. The van der Waals surface area contributed by atoms with Crippen LogP contribution in [0, 0.1) is 11.8 Å². The van der Waals surface area contributed by atoms with Crippen molar-refractivity contribution in [2.24, 2.45) is 11.8 Å². The summed E-state index contributed by atoms with van der Waals surface area (Å²) in [6, 6.07) is 0. The zero-order valence-corrected chi connectivity index (χ0v) is 9.94. The standard InChI is InChI=1S/C11H22N2O2/c1-9(2)6-13-11(15)4-5-12(13)7-10(3)8-14/h9-10,14H,4-8H2,1-3H3. The summed E-state index contributed by atoms with van der Waals surface area (Å²) in [6.07, 6.45) is 0.616. The summed E-state index contributed by atoms with van der Waals surface area (Å²) in [5, 5.41) is 12.9. The number of aliphatic hydroxyl groups is 1. The Hall–Kier alpha value is -0.610. The quantitative estimate of drug-likeness (QED) is 0.733. The van der Waals surface area contributed by atoms with Gasteiger partial charge in [-0.25, -0.2) is 5.01 Å². The SMILES string of the molecule is CC(C)CN1C(=O)CCN1CC(C)CO. The number of carbonyl (C=O) groups excluding carboxylic acids is 1. The first-order valence-corrected chi connectivity index (χ1v) is 5.70. The summed E-state index contributed by atoms with van der Waals surface area (Å²) in [7, 11) is 0. The molecule has 1 rings (SSSR count). The molecular weight excluding hydrogens is 192 g/mol. The first-order valence-electron chi connectivity index (χ1n) is 5.70. The Morgan fingerprint density at radius 3 is 2.53 bits per heavy atom. The molecule has 0 aromatic rings. The fourth-order valence-electron chi connectivity index (χ4n) is 1.80. The number of hydrazine groups is 1. The van der Waals surface area contributed by atoms with E-state index in [1.807, 2.05) is 11.9 Å². The minimum atomic E-state index is 0.181. The molecule has 1 amide bonds. The summed E-state index contributed by atoms with van der Waals surface area (Å²) >= 11 is 0. The maximum atomic E-state index is 11.6. The van der Waals surface area contributed by atoms with Gasteiger partial charge in [-0.05, 0) is 11.8 Å². The molecule has 4 heteroatoms. The Balaban J connectivity index is 2.51. The molecule has 0 spiro atoms. The zero-order valence-electron chi connectivity index (χ0n) is 9.94. The molecule has 0 aromatic heterocycles. The Labute approximate surface area is 91.8 Å². The van der Waals surface area contributed by atoms with Crippen molar-refractivity contribution in [2.45, 2.75) is 27.2 Å². The third kappa shape index (κ3) is 3.47. The summed E-state index contributed by atoms with van der Waals surface area (Å²) in [5.74, 6) is 0.929. The van der Waals surface area contributed by atoms with E-state index in [9.17, 15) is 4.79 Å². The highest BCUT2D eigenvalue weighted by Crippen LogP contribution is 2.15. The van der Waals surface area contributed by atoms with E-state index < -0.39 is 0 Å². The van der Waals surface area contributed by atoms with E-state index in [-0.39, 0.29) is 18.4 Å². The molecule has 1 aliphatic rings. The second-order valence-electron chi connectivity index (χ2n) is 4.82. The Bertz CT molecular complexity index is 219. The van der Waals surface area contributed by atoms with Crippen LogP contribution in [0.2, 0.25) is 0 Å². The number of hydrogen-bond acceptors (Lipinski definition) is 3. The van der Waals surface area contributed by atoms with E-state index in [4.69, 9.17) is 5.11 Å². The molecule has 1 aliphatic heterocycles. The second-order valence-corrected chi connectivity index (χ2v) is 4.82. The smallest absolute Gasteiger partial charge is 0.238 e. The van der Waals surface area contributed by atoms with Crippen LogP contribution in [0.1, 0.15) is 27.2 Å². The van der Waals surface area contributed by atoms with Crippen LogP contribution < -0.4 is 0 Å². The average molecular weight is 214 g/mol. The predicted molar refractivity (Wildman–Crippen MR) is 59.0 cm³/mol. The van der Waals surface area contributed by atoms with Gasteiger partial charge in [-0.15, -0.1) is 0 Å². The third-order valence-electron chi connectivity index (χ3n) is 2.59. The van der Waals surface area contributed by atoms with Crippen LogP contribution in [-0.2, 0) is 4.79 Å². The lowest BCUT2D eigenvalue weighted by Gasteiger charge is -2.30. The van der Waals surface area contributed by atoms with Crippen LogP contribution in [0.15, 0.2) is 0 Å². The Morgan fingerprint density at radius 2 is 2.00 bits per heavy atom. The van der Waals surface area contributed by atoms with Gasteiger partial charge in [-0.3, -0.25) is 9.80 Å². The molecule has 0 aliphatic carbocycles. The third-order valence-corrected chi connectivity index (χ3v) is 2.59. The molecule has 0 saturated carbocycles. The zero-order chi connectivity index (χ0) is 11.4. The molecule has 0 radical (unpaired) electrons. The number of carbonyl (C=O) groups is 1. The van der Waals surface area contributed by atoms with E-state index in [1.54, 1.807) is 0 Å². The molecule has 1 heterocycles. The van der Waals surface area contributed by atoms with Gasteiger partial charge < -0.3 is 5.11 Å². The van der Waals surface area contributed by atoms with Crippen LogP contribution in [-0.4, -0.2) is 47.3 Å². The number of aliphatic hydroxyl groups excluding tert-OH is 1. The monoisotopic (exact) mass is 214 g/mol. The molecule has 1 N–H and O–H groups in total. The minimum absolute atomic E-state index is 0.181. The largest absolute Gasteiger partial charge is 0.396 e. The second kappa shape index (κ2) is 5.47. The van der Waals surface area contributed by atoms with Crippen molar-refractivity contribution in [1.82, 2.24) is 10.0 Å². The van der Waals surface area contributed by atoms with Crippen molar-refractivity contribution in [3.05, 3.63) is 0 Å². The lowest BCUT2D eigenvalue weighted by molar-refractivity contribution is -0.139. The fraction of sp³-hybridized carbons (Fsp3) is 0.909. The highest BCUT2D eigenvalue weighted by Gasteiger charge is 2.29. The van der Waals surface area contributed by atoms with E-state index in [0.29, 0.717) is 12.3 Å². The molecule has 0 bridgehead atoms. The molecule has 4 nitrogen and oxygen atoms in total. The van der Waals surface area contributed by atoms with Crippen molar-refractivity contribution < 1.29 is 9.90 Å². The number of nitrogens with zero attached hydrogens (tertiary/aromatic N) is 2. The highest BCUT2D eigenvalue weighted by atomic mass is 16.3. The van der Waals surface area contributed by atoms with Gasteiger partial charge in [0, 0.05) is 32.7 Å². The van der Waals surface area contributed by atoms with E-state index >= 15 is 0 Å². The van der Waals surface area contributed by atoms with Crippen molar-refractivity contribution in [3.63, 3.8) is 0 Å². The maximum absolute atomic E-state index is 11.6. The molecule has 0 aromatic carbocycles. The van der Waals surface area contributed by atoms with Crippen molar-refractivity contribution >= 4 is 5.91 Å². The predicted octanol–water partition coefficient (Wildman–Crippen LogP) is 0.720. The molecule has 1 atom stereocenters. The Morgan fingerprint density at radius 1 is 1.33 bits per heavy atom. The molecule has 1 fully saturated rings. The van der Waals surface area contributed by atoms with Gasteiger partial charge in [0.05, 0.1) is 0 Å². The Kier molecular flexibility index (Phi) is 4.54. The van der Waals surface area contributed by atoms with Crippen molar-refractivity contribution in [3.8, 4) is 0 Å². The van der Waals surface area contributed by atoms with Crippen LogP contribution in [0.3, 0.4) is 0 Å². The molecule has 1 saturated heterocycles. The van der Waals surface area contributed by atoms with Gasteiger partial charge in [0.25, 0.3) is 0 Å². The molecule has 1 unspecified atom stereocenters. The molecular formula is C11H22N2O2. The molecule has 88 valence electrons.